The van der Waals surface area contributed by atoms with Crippen LogP contribution in [-0.4, -0.2) is 29.9 Å². The first-order chi connectivity index (χ1) is 9.10. The fourth-order valence-electron chi connectivity index (χ4n) is 2.68. The van der Waals surface area contributed by atoms with Gasteiger partial charge in [-0.1, -0.05) is 13.3 Å². The van der Waals surface area contributed by atoms with Gasteiger partial charge in [-0.2, -0.15) is 0 Å². The number of amides is 1. The molecule has 2 heterocycles. The summed E-state index contributed by atoms with van der Waals surface area (Å²) in [4.78, 5) is 13.4. The molecule has 0 saturated carbocycles. The summed E-state index contributed by atoms with van der Waals surface area (Å²) in [6.45, 7) is 6.19. The standard InChI is InChI=1S/C14H21ClN2O2/c1-3-11-9-17(10(2)18)7-6-13(11)16-8-12-4-5-14(15)19-12/h4-5,11,13,16H,3,6-9H2,1-2H3. The second-order valence-electron chi connectivity index (χ2n) is 5.12. The molecule has 1 fully saturated rings. The molecule has 1 aromatic heterocycles. The fraction of sp³-hybridized carbons (Fsp3) is 0.643. The van der Waals surface area contributed by atoms with Crippen molar-refractivity contribution in [3.8, 4) is 0 Å². The maximum absolute atomic E-state index is 11.4. The monoisotopic (exact) mass is 284 g/mol. The van der Waals surface area contributed by atoms with Crippen molar-refractivity contribution in [1.29, 1.82) is 0 Å². The fourth-order valence-corrected chi connectivity index (χ4v) is 2.84. The van der Waals surface area contributed by atoms with Crippen molar-refractivity contribution >= 4 is 17.5 Å². The van der Waals surface area contributed by atoms with Gasteiger partial charge in [-0.25, -0.2) is 0 Å². The molecule has 1 aliphatic rings. The summed E-state index contributed by atoms with van der Waals surface area (Å²) in [6, 6.07) is 4.08. The van der Waals surface area contributed by atoms with Gasteiger partial charge in [0.1, 0.15) is 5.76 Å². The lowest BCUT2D eigenvalue weighted by atomic mass is 9.90. The summed E-state index contributed by atoms with van der Waals surface area (Å²) >= 11 is 5.75. The molecule has 1 aliphatic heterocycles. The molecule has 2 rings (SSSR count). The summed E-state index contributed by atoms with van der Waals surface area (Å²) in [5, 5.41) is 3.95. The molecule has 1 N–H and O–H groups in total. The third-order valence-corrected chi connectivity index (χ3v) is 4.07. The summed E-state index contributed by atoms with van der Waals surface area (Å²) in [6.07, 6.45) is 2.06. The Morgan fingerprint density at radius 2 is 2.37 bits per heavy atom. The van der Waals surface area contributed by atoms with Crippen LogP contribution in [0, 0.1) is 5.92 Å². The van der Waals surface area contributed by atoms with Crippen molar-refractivity contribution < 1.29 is 9.21 Å². The maximum atomic E-state index is 11.4. The van der Waals surface area contributed by atoms with E-state index in [1.807, 2.05) is 11.0 Å². The van der Waals surface area contributed by atoms with Crippen molar-refractivity contribution in [3.63, 3.8) is 0 Å². The first-order valence-electron chi connectivity index (χ1n) is 6.83. The van der Waals surface area contributed by atoms with Gasteiger partial charge in [-0.15, -0.1) is 0 Å². The predicted molar refractivity (Wildman–Crippen MR) is 75.0 cm³/mol. The number of halogens is 1. The second kappa shape index (κ2) is 6.44. The zero-order chi connectivity index (χ0) is 13.8. The molecule has 2 unspecified atom stereocenters. The zero-order valence-electron chi connectivity index (χ0n) is 11.5. The van der Waals surface area contributed by atoms with E-state index in [9.17, 15) is 4.79 Å². The van der Waals surface area contributed by atoms with E-state index in [-0.39, 0.29) is 5.91 Å². The molecular formula is C14H21ClN2O2. The summed E-state index contributed by atoms with van der Waals surface area (Å²) in [5.41, 5.74) is 0. The number of hydrogen-bond acceptors (Lipinski definition) is 3. The highest BCUT2D eigenvalue weighted by molar-refractivity contribution is 6.28. The van der Waals surface area contributed by atoms with Crippen molar-refractivity contribution in [3.05, 3.63) is 23.1 Å². The molecule has 1 amide bonds. The smallest absolute Gasteiger partial charge is 0.219 e. The van der Waals surface area contributed by atoms with E-state index in [0.717, 1.165) is 31.7 Å². The molecule has 19 heavy (non-hydrogen) atoms. The van der Waals surface area contributed by atoms with Gasteiger partial charge in [0.15, 0.2) is 5.22 Å². The van der Waals surface area contributed by atoms with Crippen molar-refractivity contribution in [1.82, 2.24) is 10.2 Å². The maximum Gasteiger partial charge on any atom is 0.219 e. The van der Waals surface area contributed by atoms with Crippen LogP contribution in [0.4, 0.5) is 0 Å². The van der Waals surface area contributed by atoms with E-state index in [1.165, 1.54) is 0 Å². The number of nitrogens with zero attached hydrogens (tertiary/aromatic N) is 1. The molecule has 1 aromatic rings. The normalized spacial score (nSPS) is 23.6. The van der Waals surface area contributed by atoms with E-state index in [0.29, 0.717) is 23.7 Å². The predicted octanol–water partition coefficient (Wildman–Crippen LogP) is 2.67. The number of rotatable bonds is 4. The van der Waals surface area contributed by atoms with Gasteiger partial charge >= 0.3 is 0 Å². The third-order valence-electron chi connectivity index (χ3n) is 3.87. The Bertz CT molecular complexity index is 433. The van der Waals surface area contributed by atoms with E-state index < -0.39 is 0 Å². The SMILES string of the molecule is CCC1CN(C(C)=O)CCC1NCc1ccc(Cl)o1. The average molecular weight is 285 g/mol. The number of furan rings is 1. The summed E-state index contributed by atoms with van der Waals surface area (Å²) < 4.78 is 5.34. The molecule has 0 aliphatic carbocycles. The zero-order valence-corrected chi connectivity index (χ0v) is 12.2. The lowest BCUT2D eigenvalue weighted by Gasteiger charge is -2.38. The van der Waals surface area contributed by atoms with Gasteiger partial charge in [0.25, 0.3) is 0 Å². The van der Waals surface area contributed by atoms with Gasteiger partial charge < -0.3 is 14.6 Å². The third kappa shape index (κ3) is 3.74. The molecule has 0 bridgehead atoms. The molecule has 1 saturated heterocycles. The van der Waals surface area contributed by atoms with Crippen LogP contribution in [0.25, 0.3) is 0 Å². The van der Waals surface area contributed by atoms with Gasteiger partial charge in [0, 0.05) is 26.1 Å². The highest BCUT2D eigenvalue weighted by Gasteiger charge is 2.28. The van der Waals surface area contributed by atoms with Crippen LogP contribution in [0.5, 0.6) is 0 Å². The largest absolute Gasteiger partial charge is 0.448 e. The second-order valence-corrected chi connectivity index (χ2v) is 5.49. The first kappa shape index (κ1) is 14.4. The minimum Gasteiger partial charge on any atom is -0.448 e. The van der Waals surface area contributed by atoms with Crippen LogP contribution in [0.3, 0.4) is 0 Å². The minimum atomic E-state index is 0.176. The average Bonchev–Trinajstić information content (AvgIpc) is 2.81. The van der Waals surface area contributed by atoms with E-state index >= 15 is 0 Å². The lowest BCUT2D eigenvalue weighted by Crippen LogP contribution is -2.50. The number of nitrogens with one attached hydrogen (secondary N) is 1. The van der Waals surface area contributed by atoms with E-state index in [2.05, 4.69) is 12.2 Å². The Morgan fingerprint density at radius 1 is 1.58 bits per heavy atom. The van der Waals surface area contributed by atoms with Crippen molar-refractivity contribution in [2.75, 3.05) is 13.1 Å². The van der Waals surface area contributed by atoms with Gasteiger partial charge in [0.05, 0.1) is 6.54 Å². The van der Waals surface area contributed by atoms with Gasteiger partial charge in [-0.05, 0) is 36.1 Å². The number of carbonyl (C=O) groups excluding carboxylic acids is 1. The molecule has 0 spiro atoms. The van der Waals surface area contributed by atoms with Crippen LogP contribution in [0.15, 0.2) is 16.5 Å². The van der Waals surface area contributed by atoms with Crippen molar-refractivity contribution in [2.24, 2.45) is 5.92 Å². The summed E-state index contributed by atoms with van der Waals surface area (Å²) in [5.74, 6) is 1.53. The Labute approximate surface area is 119 Å². The Morgan fingerprint density at radius 3 is 2.95 bits per heavy atom. The van der Waals surface area contributed by atoms with Gasteiger partial charge in [0.2, 0.25) is 5.91 Å². The molecule has 2 atom stereocenters. The Balaban J connectivity index is 1.87. The highest BCUT2D eigenvalue weighted by Crippen LogP contribution is 2.21. The number of hydrogen-bond donors (Lipinski definition) is 1. The first-order valence-corrected chi connectivity index (χ1v) is 7.21. The van der Waals surface area contributed by atoms with Crippen LogP contribution in [0.2, 0.25) is 5.22 Å². The lowest BCUT2D eigenvalue weighted by molar-refractivity contribution is -0.131. The molecule has 5 heteroatoms. The van der Waals surface area contributed by atoms with Crippen LogP contribution >= 0.6 is 11.6 Å². The van der Waals surface area contributed by atoms with Crippen LogP contribution in [-0.2, 0) is 11.3 Å². The number of likely N-dealkylation sites (tertiary alicyclic amines) is 1. The van der Waals surface area contributed by atoms with Crippen LogP contribution < -0.4 is 5.32 Å². The van der Waals surface area contributed by atoms with Crippen LogP contribution in [0.1, 0.15) is 32.4 Å². The quantitative estimate of drug-likeness (QED) is 0.925. The molecule has 0 aromatic carbocycles. The Hall–Kier alpha value is -1.00. The topological polar surface area (TPSA) is 45.5 Å². The van der Waals surface area contributed by atoms with E-state index in [4.69, 9.17) is 16.0 Å². The van der Waals surface area contributed by atoms with Crippen molar-refractivity contribution in [2.45, 2.75) is 39.3 Å². The molecular weight excluding hydrogens is 264 g/mol. The van der Waals surface area contributed by atoms with Gasteiger partial charge in [-0.3, -0.25) is 4.79 Å². The Kier molecular flexibility index (Phi) is 4.88. The molecule has 0 radical (unpaired) electrons. The molecule has 106 valence electrons. The van der Waals surface area contributed by atoms with E-state index in [1.54, 1.807) is 13.0 Å². The number of carbonyl (C=O) groups is 1. The summed E-state index contributed by atoms with van der Waals surface area (Å²) in [7, 11) is 0. The highest BCUT2D eigenvalue weighted by atomic mass is 35.5. The molecule has 4 nitrogen and oxygen atoms in total. The number of piperidine rings is 1. The minimum absolute atomic E-state index is 0.176.